The maximum atomic E-state index is 6.81. The molecule has 0 spiro atoms. The second kappa shape index (κ2) is 8.58. The fraction of sp³-hybridized carbons (Fsp3) is 0.520. The Morgan fingerprint density at radius 3 is 1.63 bits per heavy atom. The molecule has 0 fully saturated rings. The summed E-state index contributed by atoms with van der Waals surface area (Å²) in [7, 11) is 0. The third kappa shape index (κ3) is 4.80. The summed E-state index contributed by atoms with van der Waals surface area (Å²) in [6.45, 7) is 15.6. The van der Waals surface area contributed by atoms with Gasteiger partial charge in [-0.3, -0.25) is 0 Å². The standard InChI is InChI=1S/C25H38N2/c1-8-18(7)22-10-19(9-2)11-23(15-22)25(26,27)24-13-20(16(3)4)12-21(14-24)17(5)6/h10-18H,8-9,26-27H2,1-7H3. The van der Waals surface area contributed by atoms with Crippen LogP contribution in [0.1, 0.15) is 106 Å². The summed E-state index contributed by atoms with van der Waals surface area (Å²) in [5.41, 5.74) is 19.8. The van der Waals surface area contributed by atoms with E-state index in [1.807, 2.05) is 0 Å². The highest BCUT2D eigenvalue weighted by atomic mass is 15.0. The summed E-state index contributed by atoms with van der Waals surface area (Å²) in [5.74, 6) is 1.38. The molecule has 2 aromatic rings. The van der Waals surface area contributed by atoms with Crippen LogP contribution in [0.2, 0.25) is 0 Å². The molecular weight excluding hydrogens is 328 g/mol. The summed E-state index contributed by atoms with van der Waals surface area (Å²) < 4.78 is 0. The van der Waals surface area contributed by atoms with Crippen molar-refractivity contribution in [3.05, 3.63) is 69.8 Å². The third-order valence-electron chi connectivity index (χ3n) is 5.87. The zero-order valence-corrected chi connectivity index (χ0v) is 18.3. The van der Waals surface area contributed by atoms with Crippen molar-refractivity contribution in [1.82, 2.24) is 0 Å². The molecule has 0 radical (unpaired) electrons. The van der Waals surface area contributed by atoms with Gasteiger partial charge in [0.05, 0.1) is 0 Å². The number of aryl methyl sites for hydroxylation is 1. The van der Waals surface area contributed by atoms with E-state index in [-0.39, 0.29) is 0 Å². The number of hydrogen-bond acceptors (Lipinski definition) is 2. The second-order valence-electron chi connectivity index (χ2n) is 8.69. The van der Waals surface area contributed by atoms with Crippen LogP contribution in [0.15, 0.2) is 36.4 Å². The van der Waals surface area contributed by atoms with Crippen molar-refractivity contribution in [3.8, 4) is 0 Å². The maximum Gasteiger partial charge on any atom is 0.116 e. The highest BCUT2D eigenvalue weighted by Gasteiger charge is 2.27. The fourth-order valence-electron chi connectivity index (χ4n) is 3.43. The van der Waals surface area contributed by atoms with Crippen LogP contribution < -0.4 is 11.5 Å². The molecule has 0 heterocycles. The van der Waals surface area contributed by atoms with Crippen LogP contribution in [-0.4, -0.2) is 0 Å². The molecule has 0 aromatic heterocycles. The van der Waals surface area contributed by atoms with E-state index in [0.29, 0.717) is 17.8 Å². The van der Waals surface area contributed by atoms with Crippen molar-refractivity contribution in [2.75, 3.05) is 0 Å². The van der Waals surface area contributed by atoms with Gasteiger partial charge in [0.15, 0.2) is 0 Å². The average Bonchev–Trinajstić information content (AvgIpc) is 2.66. The van der Waals surface area contributed by atoms with E-state index in [2.05, 4.69) is 84.9 Å². The monoisotopic (exact) mass is 366 g/mol. The van der Waals surface area contributed by atoms with Crippen LogP contribution >= 0.6 is 0 Å². The van der Waals surface area contributed by atoms with E-state index in [9.17, 15) is 0 Å². The zero-order valence-electron chi connectivity index (χ0n) is 18.3. The van der Waals surface area contributed by atoms with Gasteiger partial charge in [0, 0.05) is 0 Å². The average molecular weight is 367 g/mol. The summed E-state index contributed by atoms with van der Waals surface area (Å²) in [6.07, 6.45) is 2.09. The Balaban J connectivity index is 2.64. The second-order valence-corrected chi connectivity index (χ2v) is 8.69. The maximum absolute atomic E-state index is 6.81. The van der Waals surface area contributed by atoms with E-state index >= 15 is 0 Å². The quantitative estimate of drug-likeness (QED) is 0.579. The largest absolute Gasteiger partial charge is 0.306 e. The van der Waals surface area contributed by atoms with Crippen LogP contribution in [-0.2, 0) is 12.1 Å². The Hall–Kier alpha value is -1.64. The predicted octanol–water partition coefficient (Wildman–Crippen LogP) is 6.13. The molecular formula is C25H38N2. The van der Waals surface area contributed by atoms with Crippen molar-refractivity contribution in [3.63, 3.8) is 0 Å². The number of nitrogens with two attached hydrogens (primary N) is 2. The lowest BCUT2D eigenvalue weighted by Gasteiger charge is -2.29. The molecule has 148 valence electrons. The molecule has 0 amide bonds. The van der Waals surface area contributed by atoms with Gasteiger partial charge in [-0.25, -0.2) is 0 Å². The molecule has 1 unspecified atom stereocenters. The lowest BCUT2D eigenvalue weighted by Crippen LogP contribution is -2.47. The van der Waals surface area contributed by atoms with Crippen molar-refractivity contribution >= 4 is 0 Å². The lowest BCUT2D eigenvalue weighted by molar-refractivity contribution is 0.561. The van der Waals surface area contributed by atoms with Crippen molar-refractivity contribution < 1.29 is 0 Å². The number of rotatable bonds is 7. The first kappa shape index (κ1) is 21.7. The van der Waals surface area contributed by atoms with Gasteiger partial charge < -0.3 is 11.5 Å². The fourth-order valence-corrected chi connectivity index (χ4v) is 3.43. The summed E-state index contributed by atoms with van der Waals surface area (Å²) in [4.78, 5) is 0. The smallest absolute Gasteiger partial charge is 0.116 e. The van der Waals surface area contributed by atoms with Crippen molar-refractivity contribution in [1.29, 1.82) is 0 Å². The highest BCUT2D eigenvalue weighted by molar-refractivity contribution is 5.45. The molecule has 4 N–H and O–H groups in total. The summed E-state index contributed by atoms with van der Waals surface area (Å²) in [5, 5.41) is 0. The summed E-state index contributed by atoms with van der Waals surface area (Å²) in [6, 6.07) is 13.4. The minimum atomic E-state index is -0.998. The van der Waals surface area contributed by atoms with Gasteiger partial charge in [0.25, 0.3) is 0 Å². The molecule has 1 atom stereocenters. The molecule has 2 rings (SSSR count). The van der Waals surface area contributed by atoms with Crippen LogP contribution in [0.4, 0.5) is 0 Å². The molecule has 0 aliphatic rings. The normalized spacial score (nSPS) is 13.4. The predicted molar refractivity (Wildman–Crippen MR) is 118 cm³/mol. The Bertz CT molecular complexity index is 746. The van der Waals surface area contributed by atoms with Crippen LogP contribution in [0.3, 0.4) is 0 Å². The SMILES string of the molecule is CCc1cc(C(C)CC)cc(C(N)(N)c2cc(C(C)C)cc(C(C)C)c2)c1. The van der Waals surface area contributed by atoms with Gasteiger partial charge in [-0.15, -0.1) is 0 Å². The molecule has 2 heteroatoms. The highest BCUT2D eigenvalue weighted by Crippen LogP contribution is 2.32. The lowest BCUT2D eigenvalue weighted by atomic mass is 9.84. The van der Waals surface area contributed by atoms with Gasteiger partial charge in [-0.2, -0.15) is 0 Å². The van der Waals surface area contributed by atoms with Crippen molar-refractivity contribution in [2.45, 2.75) is 84.7 Å². The molecule has 0 aliphatic heterocycles. The van der Waals surface area contributed by atoms with Crippen LogP contribution in [0.5, 0.6) is 0 Å². The Kier molecular flexibility index (Phi) is 6.88. The topological polar surface area (TPSA) is 52.0 Å². The van der Waals surface area contributed by atoms with Gasteiger partial charge in [0.2, 0.25) is 0 Å². The van der Waals surface area contributed by atoms with Gasteiger partial charge in [-0.1, -0.05) is 84.9 Å². The Labute approximate surface area is 166 Å². The van der Waals surface area contributed by atoms with Gasteiger partial charge in [0.1, 0.15) is 5.66 Å². The van der Waals surface area contributed by atoms with E-state index in [1.165, 1.54) is 22.3 Å². The molecule has 0 saturated heterocycles. The molecule has 2 aromatic carbocycles. The minimum Gasteiger partial charge on any atom is -0.306 e. The Morgan fingerprint density at radius 1 is 0.704 bits per heavy atom. The van der Waals surface area contributed by atoms with Gasteiger partial charge in [-0.05, 0) is 64.0 Å². The molecule has 0 saturated carbocycles. The van der Waals surface area contributed by atoms with E-state index < -0.39 is 5.66 Å². The number of hydrogen-bond donors (Lipinski definition) is 2. The molecule has 27 heavy (non-hydrogen) atoms. The van der Waals surface area contributed by atoms with Crippen LogP contribution in [0, 0.1) is 0 Å². The van der Waals surface area contributed by atoms with E-state index in [0.717, 1.165) is 24.0 Å². The molecule has 0 aliphatic carbocycles. The Morgan fingerprint density at radius 2 is 1.19 bits per heavy atom. The first-order valence-corrected chi connectivity index (χ1v) is 10.5. The first-order chi connectivity index (χ1) is 12.6. The molecule has 0 bridgehead atoms. The third-order valence-corrected chi connectivity index (χ3v) is 5.87. The minimum absolute atomic E-state index is 0.441. The van der Waals surface area contributed by atoms with E-state index in [4.69, 9.17) is 11.5 Å². The van der Waals surface area contributed by atoms with Crippen LogP contribution in [0.25, 0.3) is 0 Å². The zero-order chi connectivity index (χ0) is 20.4. The van der Waals surface area contributed by atoms with Gasteiger partial charge >= 0.3 is 0 Å². The molecule has 2 nitrogen and oxygen atoms in total. The van der Waals surface area contributed by atoms with E-state index in [1.54, 1.807) is 0 Å². The summed E-state index contributed by atoms with van der Waals surface area (Å²) >= 11 is 0. The number of benzene rings is 2. The van der Waals surface area contributed by atoms with Crippen molar-refractivity contribution in [2.24, 2.45) is 11.5 Å². The first-order valence-electron chi connectivity index (χ1n) is 10.5.